The van der Waals surface area contributed by atoms with Crippen LogP contribution >= 0.6 is 0 Å². The van der Waals surface area contributed by atoms with Crippen molar-refractivity contribution >= 4 is 33.5 Å². The number of nitrogens with one attached hydrogen (secondary N) is 1. The maximum absolute atomic E-state index is 12.9. The van der Waals surface area contributed by atoms with Gasteiger partial charge in [0.1, 0.15) is 18.3 Å². The SMILES string of the molecule is O=C1OC[C@]2(O)Nc3c(c4cccnc4c4ncccc34)[C@@H](c3cccc(OC(F)(F)F)c3)[C@@H]12. The lowest BCUT2D eigenvalue weighted by molar-refractivity contribution is -0.274. The van der Waals surface area contributed by atoms with Crippen LogP contribution in [-0.2, 0) is 9.53 Å². The first-order valence-electron chi connectivity index (χ1n) is 10.4. The van der Waals surface area contributed by atoms with Gasteiger partial charge in [-0.3, -0.25) is 14.8 Å². The zero-order valence-electron chi connectivity index (χ0n) is 17.3. The van der Waals surface area contributed by atoms with Crippen molar-refractivity contribution in [3.8, 4) is 5.75 Å². The number of hydrogen-bond acceptors (Lipinski definition) is 7. The number of aliphatic hydroxyl groups is 1. The van der Waals surface area contributed by atoms with Gasteiger partial charge >= 0.3 is 12.3 Å². The van der Waals surface area contributed by atoms with Crippen LogP contribution in [0.1, 0.15) is 17.0 Å². The van der Waals surface area contributed by atoms with Crippen molar-refractivity contribution in [1.29, 1.82) is 0 Å². The van der Waals surface area contributed by atoms with Crippen LogP contribution in [0.25, 0.3) is 21.8 Å². The molecule has 2 aromatic carbocycles. The molecule has 172 valence electrons. The lowest BCUT2D eigenvalue weighted by Crippen LogP contribution is -2.51. The third-order valence-corrected chi connectivity index (χ3v) is 6.31. The second-order valence-corrected chi connectivity index (χ2v) is 8.32. The number of fused-ring (bicyclic) bond motifs is 7. The Hall–Kier alpha value is -3.92. The monoisotopic (exact) mass is 467 g/mol. The number of ether oxygens (including phenoxy) is 2. The number of carbonyl (C=O) groups is 1. The first-order chi connectivity index (χ1) is 16.3. The molecule has 2 aromatic heterocycles. The number of cyclic esters (lactones) is 1. The smallest absolute Gasteiger partial charge is 0.460 e. The van der Waals surface area contributed by atoms with Crippen LogP contribution < -0.4 is 10.1 Å². The van der Waals surface area contributed by atoms with Crippen LogP contribution in [0.3, 0.4) is 0 Å². The molecule has 2 aliphatic rings. The fourth-order valence-electron chi connectivity index (χ4n) is 5.07. The molecule has 4 aromatic rings. The highest BCUT2D eigenvalue weighted by Gasteiger charge is 2.58. The van der Waals surface area contributed by atoms with Gasteiger partial charge in [-0.05, 0) is 41.5 Å². The standard InChI is InChI=1S/C24H16F3N3O4/c25-24(26,27)34-13-5-1-4-12(10-13)16-17-14-6-2-8-28-20(14)21-15(7-3-9-29-21)19(17)30-23(32)11-33-22(31)18(16)23/h1-10,16,18,30,32H,11H2/t16-,18+,23-/m1/s1. The molecular weight excluding hydrogens is 451 g/mol. The second kappa shape index (κ2) is 7.04. The van der Waals surface area contributed by atoms with Crippen LogP contribution in [-0.4, -0.2) is 39.7 Å². The summed E-state index contributed by atoms with van der Waals surface area (Å²) in [5.41, 5.74) is 0.885. The van der Waals surface area contributed by atoms with Crippen molar-refractivity contribution in [2.75, 3.05) is 11.9 Å². The van der Waals surface area contributed by atoms with E-state index in [2.05, 4.69) is 20.0 Å². The van der Waals surface area contributed by atoms with Gasteiger partial charge in [0.15, 0.2) is 5.72 Å². The number of nitrogens with zero attached hydrogens (tertiary/aromatic N) is 2. The molecule has 1 saturated heterocycles. The summed E-state index contributed by atoms with van der Waals surface area (Å²) in [6, 6.07) is 12.5. The summed E-state index contributed by atoms with van der Waals surface area (Å²) in [5, 5.41) is 15.8. The van der Waals surface area contributed by atoms with Crippen LogP contribution in [0.15, 0.2) is 60.9 Å². The Morgan fingerprint density at radius 2 is 1.76 bits per heavy atom. The molecule has 0 bridgehead atoms. The van der Waals surface area contributed by atoms with Gasteiger partial charge in [-0.2, -0.15) is 0 Å². The Labute approximate surface area is 190 Å². The van der Waals surface area contributed by atoms with Crippen molar-refractivity contribution in [1.82, 2.24) is 9.97 Å². The fraction of sp³-hybridized carbons (Fsp3) is 0.208. The van der Waals surface area contributed by atoms with Crippen LogP contribution in [0.5, 0.6) is 5.75 Å². The van der Waals surface area contributed by atoms with E-state index in [1.807, 2.05) is 12.1 Å². The molecule has 2 aliphatic heterocycles. The van der Waals surface area contributed by atoms with E-state index in [4.69, 9.17) is 4.74 Å². The van der Waals surface area contributed by atoms with E-state index in [1.54, 1.807) is 30.6 Å². The summed E-state index contributed by atoms with van der Waals surface area (Å²) >= 11 is 0. The van der Waals surface area contributed by atoms with Crippen molar-refractivity contribution in [3.63, 3.8) is 0 Å². The van der Waals surface area contributed by atoms with Crippen molar-refractivity contribution in [2.24, 2.45) is 5.92 Å². The van der Waals surface area contributed by atoms with E-state index in [9.17, 15) is 23.1 Å². The number of pyridine rings is 2. The summed E-state index contributed by atoms with van der Waals surface area (Å²) < 4.78 is 48.1. The van der Waals surface area contributed by atoms with Crippen molar-refractivity contribution in [3.05, 3.63) is 72.1 Å². The number of hydrogen-bond donors (Lipinski definition) is 2. The minimum atomic E-state index is -4.88. The zero-order valence-corrected chi connectivity index (χ0v) is 17.3. The van der Waals surface area contributed by atoms with Gasteiger partial charge in [-0.15, -0.1) is 13.2 Å². The Kier molecular flexibility index (Phi) is 4.28. The van der Waals surface area contributed by atoms with E-state index in [0.29, 0.717) is 38.6 Å². The summed E-state index contributed by atoms with van der Waals surface area (Å²) in [6.45, 7) is -0.308. The largest absolute Gasteiger partial charge is 0.573 e. The minimum absolute atomic E-state index is 0.308. The highest BCUT2D eigenvalue weighted by Crippen LogP contribution is 2.53. The Bertz CT molecular complexity index is 1480. The molecule has 4 heterocycles. The highest BCUT2D eigenvalue weighted by molar-refractivity contribution is 6.12. The van der Waals surface area contributed by atoms with Gasteiger partial charge in [-0.25, -0.2) is 0 Å². The number of rotatable bonds is 2. The quantitative estimate of drug-likeness (QED) is 0.339. The highest BCUT2D eigenvalue weighted by atomic mass is 19.4. The van der Waals surface area contributed by atoms with E-state index >= 15 is 0 Å². The van der Waals surface area contributed by atoms with Gasteiger partial charge in [0, 0.05) is 29.1 Å². The fourth-order valence-corrected chi connectivity index (χ4v) is 5.07. The first kappa shape index (κ1) is 20.7. The van der Waals surface area contributed by atoms with Crippen molar-refractivity contribution < 1.29 is 32.5 Å². The topological polar surface area (TPSA) is 93.6 Å². The predicted octanol–water partition coefficient (Wildman–Crippen LogP) is 4.10. The Morgan fingerprint density at radius 1 is 1.06 bits per heavy atom. The summed E-state index contributed by atoms with van der Waals surface area (Å²) in [5.74, 6) is -3.04. The summed E-state index contributed by atoms with van der Waals surface area (Å²) in [6.07, 6.45) is -1.64. The Morgan fingerprint density at radius 3 is 2.50 bits per heavy atom. The van der Waals surface area contributed by atoms with Gasteiger partial charge in [0.25, 0.3) is 0 Å². The average molecular weight is 467 g/mol. The maximum Gasteiger partial charge on any atom is 0.573 e. The number of halogens is 3. The molecule has 0 aliphatic carbocycles. The predicted molar refractivity (Wildman–Crippen MR) is 115 cm³/mol. The molecule has 0 amide bonds. The van der Waals surface area contributed by atoms with Crippen LogP contribution in [0.2, 0.25) is 0 Å². The molecule has 10 heteroatoms. The van der Waals surface area contributed by atoms with E-state index in [1.165, 1.54) is 18.2 Å². The molecule has 34 heavy (non-hydrogen) atoms. The molecule has 0 unspecified atom stereocenters. The number of alkyl halides is 3. The van der Waals surface area contributed by atoms with Gasteiger partial charge in [0.2, 0.25) is 0 Å². The van der Waals surface area contributed by atoms with Crippen molar-refractivity contribution in [2.45, 2.75) is 18.0 Å². The normalized spacial score (nSPS) is 23.8. The van der Waals surface area contributed by atoms with Crippen LogP contribution in [0.4, 0.5) is 18.9 Å². The second-order valence-electron chi connectivity index (χ2n) is 8.32. The minimum Gasteiger partial charge on any atom is -0.460 e. The van der Waals surface area contributed by atoms with Gasteiger partial charge in [0.05, 0.1) is 16.7 Å². The molecule has 0 saturated carbocycles. The lowest BCUT2D eigenvalue weighted by atomic mass is 9.71. The molecule has 7 nitrogen and oxygen atoms in total. The first-order valence-corrected chi connectivity index (χ1v) is 10.4. The van der Waals surface area contributed by atoms with E-state index in [-0.39, 0.29) is 6.61 Å². The number of carbonyl (C=O) groups excluding carboxylic acids is 1. The Balaban J connectivity index is 1.68. The lowest BCUT2D eigenvalue weighted by Gasteiger charge is -2.41. The van der Waals surface area contributed by atoms with Gasteiger partial charge < -0.3 is 19.9 Å². The number of aromatic nitrogens is 2. The average Bonchev–Trinajstić information content (AvgIpc) is 3.11. The summed E-state index contributed by atoms with van der Waals surface area (Å²) in [4.78, 5) is 21.8. The third kappa shape index (κ3) is 3.06. The number of esters is 1. The maximum atomic E-state index is 12.9. The van der Waals surface area contributed by atoms with E-state index < -0.39 is 35.6 Å². The summed E-state index contributed by atoms with van der Waals surface area (Å²) in [7, 11) is 0. The molecule has 0 spiro atoms. The molecule has 0 radical (unpaired) electrons. The molecule has 3 atom stereocenters. The molecule has 6 rings (SSSR count). The van der Waals surface area contributed by atoms with Gasteiger partial charge in [-0.1, -0.05) is 18.2 Å². The van der Waals surface area contributed by atoms with Crippen LogP contribution in [0, 0.1) is 5.92 Å². The molecule has 1 fully saturated rings. The number of benzene rings is 2. The molecular formula is C24H16F3N3O4. The van der Waals surface area contributed by atoms with E-state index in [0.717, 1.165) is 0 Å². The number of anilines is 1. The third-order valence-electron chi connectivity index (χ3n) is 6.31. The zero-order chi connectivity index (χ0) is 23.7. The molecule has 2 N–H and O–H groups in total.